The summed E-state index contributed by atoms with van der Waals surface area (Å²) >= 11 is 7.55. The van der Waals surface area contributed by atoms with Gasteiger partial charge in [0.05, 0.1) is 10.6 Å². The quantitative estimate of drug-likeness (QED) is 0.543. The summed E-state index contributed by atoms with van der Waals surface area (Å²) in [4.78, 5) is 12.6. The van der Waals surface area contributed by atoms with Gasteiger partial charge >= 0.3 is 6.18 Å². The Morgan fingerprint density at radius 1 is 1.07 bits per heavy atom. The van der Waals surface area contributed by atoms with Gasteiger partial charge in [0.2, 0.25) is 5.88 Å². The summed E-state index contributed by atoms with van der Waals surface area (Å²) in [7, 11) is 0. The van der Waals surface area contributed by atoms with E-state index in [-0.39, 0.29) is 11.6 Å². The molecule has 3 aromatic rings. The first-order valence-corrected chi connectivity index (χ1v) is 9.10. The fourth-order valence-corrected chi connectivity index (χ4v) is 2.79. The fraction of sp³-hybridized carbons (Fsp3) is 0.118. The lowest BCUT2D eigenvalue weighted by molar-refractivity contribution is -0.137. The van der Waals surface area contributed by atoms with Gasteiger partial charge in [0.25, 0.3) is 0 Å². The summed E-state index contributed by atoms with van der Waals surface area (Å²) in [5.74, 6) is 0.826. The first-order chi connectivity index (χ1) is 12.9. The van der Waals surface area contributed by atoms with Crippen LogP contribution in [0.3, 0.4) is 0 Å². The molecule has 0 aliphatic heterocycles. The molecule has 0 radical (unpaired) electrons. The third kappa shape index (κ3) is 4.61. The predicted octanol–water partition coefficient (Wildman–Crippen LogP) is 5.69. The molecule has 1 N–H and O–H groups in total. The summed E-state index contributed by atoms with van der Waals surface area (Å²) in [5, 5.41) is 0.382. The molecule has 0 saturated carbocycles. The zero-order valence-corrected chi connectivity index (χ0v) is 15.4. The fourth-order valence-electron chi connectivity index (χ4n) is 2.16. The number of nitrogens with zero attached hydrogens (tertiary/aromatic N) is 3. The molecule has 5 nitrogen and oxygen atoms in total. The number of anilines is 1. The van der Waals surface area contributed by atoms with E-state index in [9.17, 15) is 13.2 Å². The number of hydrogen-bond acceptors (Lipinski definition) is 6. The Labute approximate surface area is 162 Å². The first-order valence-electron chi connectivity index (χ1n) is 7.49. The van der Waals surface area contributed by atoms with Crippen LogP contribution in [0, 0.1) is 0 Å². The lowest BCUT2D eigenvalue weighted by Gasteiger charge is -2.11. The second-order valence-corrected chi connectivity index (χ2v) is 6.21. The highest BCUT2D eigenvalue weighted by Gasteiger charge is 2.30. The zero-order valence-electron chi connectivity index (χ0n) is 13.8. The number of alkyl halides is 3. The van der Waals surface area contributed by atoms with Gasteiger partial charge in [-0.3, -0.25) is 0 Å². The van der Waals surface area contributed by atoms with Gasteiger partial charge < -0.3 is 9.46 Å². The van der Waals surface area contributed by atoms with E-state index in [1.165, 1.54) is 36.5 Å². The normalized spacial score (nSPS) is 11.3. The molecule has 0 aliphatic rings. The number of ether oxygens (including phenoxy) is 1. The van der Waals surface area contributed by atoms with E-state index >= 15 is 0 Å². The average Bonchev–Trinajstić information content (AvgIpc) is 2.64. The molecule has 0 saturated heterocycles. The molecular formula is C17H12ClF3N4OS. The van der Waals surface area contributed by atoms with Gasteiger partial charge in [0.15, 0.2) is 5.82 Å². The molecule has 0 atom stereocenters. The molecular weight excluding hydrogens is 401 g/mol. The smallest absolute Gasteiger partial charge is 0.416 e. The monoisotopic (exact) mass is 412 g/mol. The summed E-state index contributed by atoms with van der Waals surface area (Å²) in [6.45, 7) is 0. The number of pyridine rings is 1. The highest BCUT2D eigenvalue weighted by atomic mass is 35.5. The van der Waals surface area contributed by atoms with Gasteiger partial charge in [-0.25, -0.2) is 15.0 Å². The largest absolute Gasteiger partial charge is 0.437 e. The molecule has 2 heterocycles. The summed E-state index contributed by atoms with van der Waals surface area (Å²) in [5.41, 5.74) is 0.159. The standard InChI is InChI=1S/C17H12ClF3N4OS/c1-27-25-15-13(18)8-10(9-24-15)14-16(23-7-6-22-14)26-12-4-2-11(3-5-12)17(19,20)21/h2-9H,1H3,(H,24,25). The third-order valence-corrected chi connectivity index (χ3v) is 4.06. The molecule has 0 bridgehead atoms. The van der Waals surface area contributed by atoms with Crippen molar-refractivity contribution in [3.8, 4) is 22.9 Å². The second kappa shape index (κ2) is 8.01. The topological polar surface area (TPSA) is 59.9 Å². The highest BCUT2D eigenvalue weighted by Crippen LogP contribution is 2.34. The Kier molecular flexibility index (Phi) is 5.71. The summed E-state index contributed by atoms with van der Waals surface area (Å²) < 4.78 is 46.6. The van der Waals surface area contributed by atoms with Crippen LogP contribution in [0.4, 0.5) is 19.0 Å². The van der Waals surface area contributed by atoms with Crippen LogP contribution in [0.1, 0.15) is 5.56 Å². The maximum absolute atomic E-state index is 12.7. The zero-order chi connectivity index (χ0) is 19.4. The van der Waals surface area contributed by atoms with E-state index < -0.39 is 11.7 Å². The van der Waals surface area contributed by atoms with Gasteiger partial charge in [0.1, 0.15) is 11.4 Å². The Hall–Kier alpha value is -2.52. The van der Waals surface area contributed by atoms with E-state index in [1.807, 2.05) is 6.26 Å². The first kappa shape index (κ1) is 19.2. The maximum Gasteiger partial charge on any atom is 0.416 e. The Balaban J connectivity index is 1.89. The molecule has 0 spiro atoms. The lowest BCUT2D eigenvalue weighted by atomic mass is 10.2. The number of nitrogens with one attached hydrogen (secondary N) is 1. The highest BCUT2D eigenvalue weighted by molar-refractivity contribution is 7.99. The Bertz CT molecular complexity index is 938. The van der Waals surface area contributed by atoms with Gasteiger partial charge in [-0.2, -0.15) is 13.2 Å². The number of hydrogen-bond donors (Lipinski definition) is 1. The van der Waals surface area contributed by atoms with Crippen molar-refractivity contribution in [2.24, 2.45) is 0 Å². The van der Waals surface area contributed by atoms with E-state index in [4.69, 9.17) is 16.3 Å². The lowest BCUT2D eigenvalue weighted by Crippen LogP contribution is -2.04. The van der Waals surface area contributed by atoms with E-state index in [0.29, 0.717) is 22.1 Å². The van der Waals surface area contributed by atoms with Crippen molar-refractivity contribution in [1.82, 2.24) is 15.0 Å². The van der Waals surface area contributed by atoms with Crippen molar-refractivity contribution >= 4 is 29.4 Å². The molecule has 0 fully saturated rings. The minimum atomic E-state index is -4.41. The van der Waals surface area contributed by atoms with Crippen molar-refractivity contribution in [3.05, 3.63) is 59.5 Å². The Morgan fingerprint density at radius 2 is 1.78 bits per heavy atom. The Morgan fingerprint density at radius 3 is 2.41 bits per heavy atom. The molecule has 2 aromatic heterocycles. The van der Waals surface area contributed by atoms with E-state index in [1.54, 1.807) is 12.3 Å². The van der Waals surface area contributed by atoms with Crippen LogP contribution in [0.25, 0.3) is 11.3 Å². The van der Waals surface area contributed by atoms with Crippen LogP contribution < -0.4 is 9.46 Å². The van der Waals surface area contributed by atoms with Crippen LogP contribution in [0.15, 0.2) is 48.9 Å². The number of benzene rings is 1. The average molecular weight is 413 g/mol. The number of rotatable bonds is 5. The minimum absolute atomic E-state index is 0.126. The minimum Gasteiger partial charge on any atom is -0.437 e. The summed E-state index contributed by atoms with van der Waals surface area (Å²) in [6.07, 6.45) is 1.86. The van der Waals surface area contributed by atoms with Crippen LogP contribution in [-0.2, 0) is 6.18 Å². The third-order valence-electron chi connectivity index (χ3n) is 3.37. The van der Waals surface area contributed by atoms with Crippen molar-refractivity contribution in [3.63, 3.8) is 0 Å². The molecule has 10 heteroatoms. The molecule has 0 amide bonds. The number of aromatic nitrogens is 3. The van der Waals surface area contributed by atoms with Crippen LogP contribution >= 0.6 is 23.5 Å². The van der Waals surface area contributed by atoms with Crippen molar-refractivity contribution in [2.45, 2.75) is 6.18 Å². The van der Waals surface area contributed by atoms with Crippen molar-refractivity contribution < 1.29 is 17.9 Å². The predicted molar refractivity (Wildman–Crippen MR) is 98.9 cm³/mol. The van der Waals surface area contributed by atoms with Gasteiger partial charge in [-0.1, -0.05) is 23.5 Å². The molecule has 0 aliphatic carbocycles. The summed E-state index contributed by atoms with van der Waals surface area (Å²) in [6, 6.07) is 5.96. The van der Waals surface area contributed by atoms with E-state index in [0.717, 1.165) is 12.1 Å². The SMILES string of the molecule is CSNc1ncc(-c2nccnc2Oc2ccc(C(F)(F)F)cc2)cc1Cl. The number of halogens is 4. The van der Waals surface area contributed by atoms with Crippen molar-refractivity contribution in [1.29, 1.82) is 0 Å². The molecule has 0 unspecified atom stereocenters. The van der Waals surface area contributed by atoms with Crippen LogP contribution in [0.2, 0.25) is 5.02 Å². The van der Waals surface area contributed by atoms with Crippen LogP contribution in [-0.4, -0.2) is 21.2 Å². The molecule has 140 valence electrons. The molecule has 1 aromatic carbocycles. The second-order valence-electron chi connectivity index (χ2n) is 5.19. The van der Waals surface area contributed by atoms with Gasteiger partial charge in [-0.15, -0.1) is 0 Å². The van der Waals surface area contributed by atoms with Crippen molar-refractivity contribution in [2.75, 3.05) is 11.0 Å². The maximum atomic E-state index is 12.7. The van der Waals surface area contributed by atoms with Crippen LogP contribution in [0.5, 0.6) is 11.6 Å². The van der Waals surface area contributed by atoms with E-state index in [2.05, 4.69) is 19.7 Å². The molecule has 3 rings (SSSR count). The van der Waals surface area contributed by atoms with Gasteiger partial charge in [0, 0.05) is 30.4 Å². The van der Waals surface area contributed by atoms with Gasteiger partial charge in [-0.05, 0) is 30.3 Å². The molecule has 27 heavy (non-hydrogen) atoms.